The van der Waals surface area contributed by atoms with E-state index in [-0.39, 0.29) is 18.6 Å². The van der Waals surface area contributed by atoms with Crippen LogP contribution in [0.4, 0.5) is 5.69 Å². The van der Waals surface area contributed by atoms with Gasteiger partial charge in [-0.2, -0.15) is 5.10 Å². The molecule has 1 atom stereocenters. The molecule has 2 heterocycles. The molecule has 0 fully saturated rings. The lowest BCUT2D eigenvalue weighted by molar-refractivity contribution is -0.129. The van der Waals surface area contributed by atoms with Crippen LogP contribution in [0.3, 0.4) is 0 Å². The number of halogens is 1. The van der Waals surface area contributed by atoms with Gasteiger partial charge in [-0.25, -0.2) is 0 Å². The monoisotopic (exact) mass is 348 g/mol. The fourth-order valence-electron chi connectivity index (χ4n) is 2.85. The van der Waals surface area contributed by atoms with Gasteiger partial charge in [-0.15, -0.1) is 0 Å². The molecule has 0 unspecified atom stereocenters. The van der Waals surface area contributed by atoms with E-state index in [0.29, 0.717) is 18.1 Å². The zero-order valence-corrected chi connectivity index (χ0v) is 14.8. The molecular weight excluding hydrogens is 328 g/mol. The molecule has 0 bridgehead atoms. The van der Waals surface area contributed by atoms with Crippen LogP contribution in [0.2, 0.25) is 5.02 Å². The van der Waals surface area contributed by atoms with E-state index >= 15 is 0 Å². The van der Waals surface area contributed by atoms with Crippen molar-refractivity contribution in [2.24, 2.45) is 7.05 Å². The van der Waals surface area contributed by atoms with Crippen LogP contribution in [-0.2, 0) is 18.4 Å². The first kappa shape index (κ1) is 16.6. The van der Waals surface area contributed by atoms with Gasteiger partial charge in [-0.1, -0.05) is 11.6 Å². The number of amides is 1. The molecule has 3 rings (SSSR count). The Morgan fingerprint density at radius 3 is 3.00 bits per heavy atom. The smallest absolute Gasteiger partial charge is 0.242 e. The fraction of sp³-hybridized carbons (Fsp3) is 0.412. The van der Waals surface area contributed by atoms with E-state index in [2.05, 4.69) is 5.10 Å². The lowest BCUT2D eigenvalue weighted by atomic mass is 10.2. The largest absolute Gasteiger partial charge is 0.487 e. The summed E-state index contributed by atoms with van der Waals surface area (Å²) in [6.07, 6.45) is 3.71. The summed E-state index contributed by atoms with van der Waals surface area (Å²) in [5.74, 6) is 0.805. The summed E-state index contributed by atoms with van der Waals surface area (Å²) < 4.78 is 7.55. The van der Waals surface area contributed by atoms with Gasteiger partial charge in [-0.05, 0) is 25.1 Å². The number of hydrogen-bond acceptors (Lipinski definition) is 4. The Labute approximate surface area is 146 Å². The average Bonchev–Trinajstić information content (AvgIpc) is 2.93. The number of ether oxygens (including phenoxy) is 1. The van der Waals surface area contributed by atoms with E-state index < -0.39 is 0 Å². The first-order valence-corrected chi connectivity index (χ1v) is 8.23. The predicted molar refractivity (Wildman–Crippen MR) is 93.4 cm³/mol. The zero-order chi connectivity index (χ0) is 17.3. The Morgan fingerprint density at radius 2 is 2.29 bits per heavy atom. The molecule has 1 aliphatic rings. The van der Waals surface area contributed by atoms with Crippen LogP contribution in [0.1, 0.15) is 12.5 Å². The predicted octanol–water partition coefficient (Wildman–Crippen LogP) is 2.32. The third-order valence-corrected chi connectivity index (χ3v) is 4.23. The molecule has 1 aliphatic heterocycles. The van der Waals surface area contributed by atoms with Gasteiger partial charge in [0, 0.05) is 37.4 Å². The topological polar surface area (TPSA) is 50.6 Å². The van der Waals surface area contributed by atoms with Gasteiger partial charge in [0.15, 0.2) is 0 Å². The highest BCUT2D eigenvalue weighted by Crippen LogP contribution is 2.35. The van der Waals surface area contributed by atoms with E-state index in [0.717, 1.165) is 17.0 Å². The molecular formula is C17H21ClN4O2. The number of fused-ring (bicyclic) bond motifs is 1. The third kappa shape index (κ3) is 3.64. The Hall–Kier alpha value is -2.21. The summed E-state index contributed by atoms with van der Waals surface area (Å²) >= 11 is 6.10. The maximum absolute atomic E-state index is 12.6. The second-order valence-corrected chi connectivity index (χ2v) is 6.63. The molecule has 0 N–H and O–H groups in total. The normalized spacial score (nSPS) is 16.5. The van der Waals surface area contributed by atoms with Crippen LogP contribution in [0.15, 0.2) is 30.6 Å². The standard InChI is InChI=1S/C17H21ClN4O2/c1-12-8-22(15-6-14(18)4-5-16(15)24-12)11-17(23)20(2)9-13-7-19-21(3)10-13/h4-7,10,12H,8-9,11H2,1-3H3/t12-/m0/s1. The molecule has 1 amide bonds. The molecule has 128 valence electrons. The highest BCUT2D eigenvalue weighted by atomic mass is 35.5. The minimum atomic E-state index is 0.0232. The molecule has 0 aliphatic carbocycles. The number of carbonyl (C=O) groups excluding carboxylic acids is 1. The highest BCUT2D eigenvalue weighted by molar-refractivity contribution is 6.31. The number of nitrogens with zero attached hydrogens (tertiary/aromatic N) is 4. The second kappa shape index (κ2) is 6.73. The Bertz CT molecular complexity index is 746. The van der Waals surface area contributed by atoms with Gasteiger partial charge in [0.05, 0.1) is 25.0 Å². The van der Waals surface area contributed by atoms with Crippen LogP contribution >= 0.6 is 11.6 Å². The number of aromatic nitrogens is 2. The van der Waals surface area contributed by atoms with Crippen molar-refractivity contribution >= 4 is 23.2 Å². The number of carbonyl (C=O) groups is 1. The van der Waals surface area contributed by atoms with Crippen molar-refractivity contribution in [3.05, 3.63) is 41.2 Å². The third-order valence-electron chi connectivity index (χ3n) is 4.00. The minimum absolute atomic E-state index is 0.0232. The van der Waals surface area contributed by atoms with Crippen molar-refractivity contribution in [3.63, 3.8) is 0 Å². The van der Waals surface area contributed by atoms with Gasteiger partial charge in [0.1, 0.15) is 11.9 Å². The van der Waals surface area contributed by atoms with Crippen LogP contribution in [0.25, 0.3) is 0 Å². The SMILES string of the molecule is C[C@H]1CN(CC(=O)N(C)Cc2cnn(C)c2)c2cc(Cl)ccc2O1. The molecule has 0 saturated heterocycles. The van der Waals surface area contributed by atoms with E-state index in [1.807, 2.05) is 37.2 Å². The summed E-state index contributed by atoms with van der Waals surface area (Å²) in [5, 5.41) is 4.76. The Kier molecular flexibility index (Phi) is 4.66. The molecule has 0 spiro atoms. The molecule has 6 nitrogen and oxygen atoms in total. The number of aryl methyl sites for hydroxylation is 1. The van der Waals surface area contributed by atoms with Gasteiger partial charge in [0.25, 0.3) is 0 Å². The molecule has 1 aromatic heterocycles. The molecule has 24 heavy (non-hydrogen) atoms. The number of likely N-dealkylation sites (N-methyl/N-ethyl adjacent to an activating group) is 1. The quantitative estimate of drug-likeness (QED) is 0.851. The summed E-state index contributed by atoms with van der Waals surface area (Å²) in [5.41, 5.74) is 1.87. The average molecular weight is 349 g/mol. The second-order valence-electron chi connectivity index (χ2n) is 6.19. The first-order chi connectivity index (χ1) is 11.4. The van der Waals surface area contributed by atoms with Crippen LogP contribution in [-0.4, -0.2) is 46.8 Å². The maximum atomic E-state index is 12.6. The lowest BCUT2D eigenvalue weighted by Gasteiger charge is -2.35. The lowest BCUT2D eigenvalue weighted by Crippen LogP contribution is -2.44. The highest BCUT2D eigenvalue weighted by Gasteiger charge is 2.25. The number of hydrogen-bond donors (Lipinski definition) is 0. The summed E-state index contributed by atoms with van der Waals surface area (Å²) in [6.45, 7) is 3.47. The molecule has 1 aromatic carbocycles. The van der Waals surface area contributed by atoms with Crippen LogP contribution < -0.4 is 9.64 Å². The van der Waals surface area contributed by atoms with Gasteiger partial charge < -0.3 is 14.5 Å². The summed E-state index contributed by atoms with van der Waals surface area (Å²) in [4.78, 5) is 16.3. The molecule has 0 radical (unpaired) electrons. The van der Waals surface area contributed by atoms with E-state index in [1.54, 1.807) is 28.9 Å². The summed E-state index contributed by atoms with van der Waals surface area (Å²) in [7, 11) is 3.67. The molecule has 0 saturated carbocycles. The van der Waals surface area contributed by atoms with Crippen LogP contribution in [0, 0.1) is 0 Å². The Balaban J connectivity index is 1.71. The van der Waals surface area contributed by atoms with Crippen LogP contribution in [0.5, 0.6) is 5.75 Å². The zero-order valence-electron chi connectivity index (χ0n) is 14.1. The van der Waals surface area contributed by atoms with Gasteiger partial charge in [0.2, 0.25) is 5.91 Å². The first-order valence-electron chi connectivity index (χ1n) is 7.85. The van der Waals surface area contributed by atoms with Gasteiger partial charge in [-0.3, -0.25) is 9.48 Å². The van der Waals surface area contributed by atoms with Crippen molar-refractivity contribution in [2.75, 3.05) is 25.0 Å². The van der Waals surface area contributed by atoms with Crippen molar-refractivity contribution in [2.45, 2.75) is 19.6 Å². The van der Waals surface area contributed by atoms with Crippen molar-refractivity contribution in [3.8, 4) is 5.75 Å². The number of benzene rings is 1. The van der Waals surface area contributed by atoms with E-state index in [9.17, 15) is 4.79 Å². The number of rotatable bonds is 4. The van der Waals surface area contributed by atoms with E-state index in [1.165, 1.54) is 0 Å². The number of anilines is 1. The minimum Gasteiger partial charge on any atom is -0.487 e. The summed E-state index contributed by atoms with van der Waals surface area (Å²) in [6, 6.07) is 5.49. The van der Waals surface area contributed by atoms with Crippen molar-refractivity contribution in [1.29, 1.82) is 0 Å². The van der Waals surface area contributed by atoms with Crippen molar-refractivity contribution in [1.82, 2.24) is 14.7 Å². The fourth-order valence-corrected chi connectivity index (χ4v) is 3.02. The van der Waals surface area contributed by atoms with Gasteiger partial charge >= 0.3 is 0 Å². The van der Waals surface area contributed by atoms with Crippen molar-refractivity contribution < 1.29 is 9.53 Å². The van der Waals surface area contributed by atoms with E-state index in [4.69, 9.17) is 16.3 Å². The Morgan fingerprint density at radius 1 is 1.50 bits per heavy atom. The maximum Gasteiger partial charge on any atom is 0.242 e. The molecule has 7 heteroatoms. The molecule has 2 aromatic rings.